The number of anilines is 1. The van der Waals surface area contributed by atoms with Crippen molar-refractivity contribution in [1.29, 1.82) is 0 Å². The molecule has 0 saturated heterocycles. The normalized spacial score (nSPS) is 17.3. The van der Waals surface area contributed by atoms with E-state index in [2.05, 4.69) is 0 Å². The summed E-state index contributed by atoms with van der Waals surface area (Å²) in [6.07, 6.45) is -0.926. The monoisotopic (exact) mass is 529 g/mol. The Labute approximate surface area is 225 Å². The Morgan fingerprint density at radius 2 is 1.49 bits per heavy atom. The van der Waals surface area contributed by atoms with Crippen LogP contribution in [-0.4, -0.2) is 36.0 Å². The standard InChI is InChI=1S/C31H28FNO6/c1-5-38-29(36)26(24-18-10-6-8-12-20(18)27(34)21-13-9-7-11-19(21)24)25-22-16-17(32)14-15-23(22)33(28(25)35)30(37)39-31(2,3)4/h6-16,24-26H,5H2,1-4H3/t25-,26-/m0/s1. The molecule has 0 bridgehead atoms. The van der Waals surface area contributed by atoms with Crippen LogP contribution in [0.4, 0.5) is 14.9 Å². The molecule has 5 rings (SSSR count). The van der Waals surface area contributed by atoms with Gasteiger partial charge in [0.25, 0.3) is 0 Å². The number of halogens is 1. The van der Waals surface area contributed by atoms with Gasteiger partial charge in [-0.25, -0.2) is 14.1 Å². The Bertz CT molecular complexity index is 1460. The van der Waals surface area contributed by atoms with Crippen LogP contribution < -0.4 is 4.90 Å². The van der Waals surface area contributed by atoms with Gasteiger partial charge in [0, 0.05) is 17.0 Å². The van der Waals surface area contributed by atoms with Crippen LogP contribution in [-0.2, 0) is 19.1 Å². The molecule has 0 saturated carbocycles. The van der Waals surface area contributed by atoms with E-state index in [9.17, 15) is 23.6 Å². The van der Waals surface area contributed by atoms with E-state index in [1.54, 1.807) is 76.2 Å². The lowest BCUT2D eigenvalue weighted by molar-refractivity contribution is -0.151. The molecule has 0 spiro atoms. The number of hydrogen-bond acceptors (Lipinski definition) is 6. The van der Waals surface area contributed by atoms with E-state index in [0.717, 1.165) is 11.0 Å². The predicted molar refractivity (Wildman–Crippen MR) is 141 cm³/mol. The van der Waals surface area contributed by atoms with Crippen LogP contribution in [0.1, 0.15) is 72.1 Å². The molecule has 200 valence electrons. The Balaban J connectivity index is 1.74. The molecule has 2 atom stereocenters. The molecule has 3 aromatic rings. The maximum Gasteiger partial charge on any atom is 0.421 e. The highest BCUT2D eigenvalue weighted by atomic mass is 19.1. The summed E-state index contributed by atoms with van der Waals surface area (Å²) in [5, 5.41) is 0. The number of fused-ring (bicyclic) bond motifs is 3. The van der Waals surface area contributed by atoms with Crippen LogP contribution >= 0.6 is 0 Å². The fourth-order valence-corrected chi connectivity index (χ4v) is 5.56. The molecule has 0 aromatic heterocycles. The molecule has 1 heterocycles. The zero-order chi connectivity index (χ0) is 28.1. The molecule has 1 aliphatic carbocycles. The number of esters is 1. The average Bonchev–Trinajstić information content (AvgIpc) is 3.16. The van der Waals surface area contributed by atoms with Gasteiger partial charge < -0.3 is 9.47 Å². The summed E-state index contributed by atoms with van der Waals surface area (Å²) in [7, 11) is 0. The first-order valence-corrected chi connectivity index (χ1v) is 12.8. The largest absolute Gasteiger partial charge is 0.466 e. The van der Waals surface area contributed by atoms with Gasteiger partial charge in [0.15, 0.2) is 5.78 Å². The summed E-state index contributed by atoms with van der Waals surface area (Å²) < 4.78 is 25.6. The van der Waals surface area contributed by atoms with Gasteiger partial charge in [-0.1, -0.05) is 48.5 Å². The number of carbonyl (C=O) groups is 4. The second kappa shape index (κ2) is 9.76. The Morgan fingerprint density at radius 3 is 2.05 bits per heavy atom. The van der Waals surface area contributed by atoms with Crippen molar-refractivity contribution in [3.8, 4) is 0 Å². The van der Waals surface area contributed by atoms with Crippen LogP contribution in [0.2, 0.25) is 0 Å². The number of ketones is 1. The summed E-state index contributed by atoms with van der Waals surface area (Å²) in [6.45, 7) is 6.70. The summed E-state index contributed by atoms with van der Waals surface area (Å²) >= 11 is 0. The highest BCUT2D eigenvalue weighted by molar-refractivity contribution is 6.20. The molecule has 39 heavy (non-hydrogen) atoms. The Hall–Kier alpha value is -4.33. The minimum Gasteiger partial charge on any atom is -0.466 e. The minimum absolute atomic E-state index is 0.0387. The number of hydrogen-bond donors (Lipinski definition) is 0. The molecule has 1 aliphatic heterocycles. The van der Waals surface area contributed by atoms with E-state index in [4.69, 9.17) is 9.47 Å². The summed E-state index contributed by atoms with van der Waals surface area (Å²) in [5.41, 5.74) is 1.34. The lowest BCUT2D eigenvalue weighted by Crippen LogP contribution is -2.43. The van der Waals surface area contributed by atoms with Crippen molar-refractivity contribution in [3.05, 3.63) is 100 Å². The smallest absolute Gasteiger partial charge is 0.421 e. The molecule has 2 amide bonds. The summed E-state index contributed by atoms with van der Waals surface area (Å²) in [6, 6.07) is 17.5. The van der Waals surface area contributed by atoms with Crippen LogP contribution in [0.3, 0.4) is 0 Å². The van der Waals surface area contributed by atoms with Gasteiger partial charge >= 0.3 is 12.1 Å². The second-order valence-electron chi connectivity index (χ2n) is 10.6. The van der Waals surface area contributed by atoms with E-state index in [1.807, 2.05) is 0 Å². The van der Waals surface area contributed by atoms with Crippen LogP contribution in [0, 0.1) is 11.7 Å². The third-order valence-corrected chi connectivity index (χ3v) is 6.99. The first-order chi connectivity index (χ1) is 18.5. The first-order valence-electron chi connectivity index (χ1n) is 12.8. The minimum atomic E-state index is -1.28. The van der Waals surface area contributed by atoms with E-state index >= 15 is 0 Å². The van der Waals surface area contributed by atoms with Crippen LogP contribution in [0.5, 0.6) is 0 Å². The van der Waals surface area contributed by atoms with Crippen LogP contribution in [0.15, 0.2) is 66.7 Å². The van der Waals surface area contributed by atoms with E-state index in [-0.39, 0.29) is 23.6 Å². The Kier molecular flexibility index (Phi) is 6.58. The van der Waals surface area contributed by atoms with Crippen molar-refractivity contribution in [3.63, 3.8) is 0 Å². The van der Waals surface area contributed by atoms with Crippen molar-refractivity contribution >= 4 is 29.4 Å². The quantitative estimate of drug-likeness (QED) is 0.400. The maximum absolute atomic E-state index is 14.6. The molecule has 0 unspecified atom stereocenters. The summed E-state index contributed by atoms with van der Waals surface area (Å²) in [4.78, 5) is 55.4. The SMILES string of the molecule is CCOC(=O)[C@@H](C1c2ccccc2C(=O)c2ccccc21)[C@H]1C(=O)N(C(=O)OC(C)(C)C)c2ccc(F)cc21. The molecule has 7 nitrogen and oxygen atoms in total. The molecular formula is C31H28FNO6. The van der Waals surface area contributed by atoms with Crippen LogP contribution in [0.25, 0.3) is 0 Å². The van der Waals surface area contributed by atoms with Crippen molar-refractivity contribution in [2.45, 2.75) is 45.1 Å². The highest BCUT2D eigenvalue weighted by Crippen LogP contribution is 2.51. The molecule has 0 radical (unpaired) electrons. The molecule has 0 fully saturated rings. The Morgan fingerprint density at radius 1 is 0.897 bits per heavy atom. The van der Waals surface area contributed by atoms with Crippen molar-refractivity contribution < 1.29 is 33.0 Å². The fourth-order valence-electron chi connectivity index (χ4n) is 5.56. The zero-order valence-corrected chi connectivity index (χ0v) is 22.1. The molecule has 2 aliphatic rings. The molecule has 0 N–H and O–H groups in total. The first kappa shape index (κ1) is 26.3. The highest BCUT2D eigenvalue weighted by Gasteiger charge is 2.53. The van der Waals surface area contributed by atoms with Crippen molar-refractivity contribution in [1.82, 2.24) is 0 Å². The number of amides is 2. The fraction of sp³-hybridized carbons (Fsp3) is 0.290. The van der Waals surface area contributed by atoms with Gasteiger partial charge in [-0.15, -0.1) is 0 Å². The number of benzene rings is 3. The number of imide groups is 1. The lowest BCUT2D eigenvalue weighted by Gasteiger charge is -2.35. The van der Waals surface area contributed by atoms with Crippen molar-refractivity contribution in [2.75, 3.05) is 11.5 Å². The maximum atomic E-state index is 14.6. The van der Waals surface area contributed by atoms with Gasteiger partial charge in [-0.2, -0.15) is 0 Å². The van der Waals surface area contributed by atoms with E-state index in [1.165, 1.54) is 12.1 Å². The van der Waals surface area contributed by atoms with E-state index < -0.39 is 47.1 Å². The van der Waals surface area contributed by atoms with E-state index in [0.29, 0.717) is 22.3 Å². The number of rotatable bonds is 4. The molecule has 8 heteroatoms. The number of ether oxygens (including phenoxy) is 2. The predicted octanol–water partition coefficient (Wildman–Crippen LogP) is 5.75. The second-order valence-corrected chi connectivity index (χ2v) is 10.6. The zero-order valence-electron chi connectivity index (χ0n) is 22.1. The van der Waals surface area contributed by atoms with Crippen molar-refractivity contribution in [2.24, 2.45) is 5.92 Å². The lowest BCUT2D eigenvalue weighted by atomic mass is 9.67. The number of nitrogens with zero attached hydrogens (tertiary/aromatic N) is 1. The van der Waals surface area contributed by atoms with Gasteiger partial charge in [0.1, 0.15) is 11.4 Å². The third kappa shape index (κ3) is 4.50. The number of carbonyl (C=O) groups excluding carboxylic acids is 4. The topological polar surface area (TPSA) is 90.0 Å². The average molecular weight is 530 g/mol. The molecular weight excluding hydrogens is 501 g/mol. The van der Waals surface area contributed by atoms with Gasteiger partial charge in [0.2, 0.25) is 5.91 Å². The van der Waals surface area contributed by atoms with Gasteiger partial charge in [-0.05, 0) is 62.6 Å². The van der Waals surface area contributed by atoms with Gasteiger partial charge in [0.05, 0.1) is 24.1 Å². The molecule has 3 aromatic carbocycles. The van der Waals surface area contributed by atoms with Gasteiger partial charge in [-0.3, -0.25) is 14.4 Å². The summed E-state index contributed by atoms with van der Waals surface area (Å²) in [5.74, 6) is -5.50. The third-order valence-electron chi connectivity index (χ3n) is 6.99.